The lowest BCUT2D eigenvalue weighted by Gasteiger charge is -2.10. The fraction of sp³-hybridized carbons (Fsp3) is 0.143. The molecule has 0 saturated heterocycles. The first kappa shape index (κ1) is 17.8. The Labute approximate surface area is 166 Å². The molecule has 1 N–H and O–H groups in total. The maximum atomic E-state index is 5.90. The van der Waals surface area contributed by atoms with E-state index in [1.165, 1.54) is 10.4 Å². The third-order valence-corrected chi connectivity index (χ3v) is 5.77. The molecule has 6 heteroatoms. The van der Waals surface area contributed by atoms with E-state index >= 15 is 0 Å². The van der Waals surface area contributed by atoms with E-state index in [0.29, 0.717) is 6.61 Å². The Morgan fingerprint density at radius 3 is 2.48 bits per heavy atom. The van der Waals surface area contributed by atoms with Gasteiger partial charge in [0.2, 0.25) is 0 Å². The van der Waals surface area contributed by atoms with Crippen LogP contribution in [0.4, 0.5) is 11.5 Å². The van der Waals surface area contributed by atoms with Gasteiger partial charge in [-0.3, -0.25) is 0 Å². The first-order valence-corrected chi connectivity index (χ1v) is 9.74. The first-order chi connectivity index (χ1) is 13.1. The van der Waals surface area contributed by atoms with E-state index in [9.17, 15) is 0 Å². The van der Waals surface area contributed by atoms with Crippen molar-refractivity contribution in [2.24, 2.45) is 0 Å². The van der Waals surface area contributed by atoms with Crippen molar-refractivity contribution in [3.8, 4) is 5.75 Å². The molecule has 27 heavy (non-hydrogen) atoms. The molecule has 2 aromatic carbocycles. The van der Waals surface area contributed by atoms with Crippen LogP contribution in [0.25, 0.3) is 10.2 Å². The Balaban J connectivity index is 1.47. The van der Waals surface area contributed by atoms with Crippen LogP contribution in [-0.4, -0.2) is 9.97 Å². The molecular formula is C21H18ClN3OS. The van der Waals surface area contributed by atoms with E-state index < -0.39 is 0 Å². The number of ether oxygens (including phenoxy) is 1. The summed E-state index contributed by atoms with van der Waals surface area (Å²) in [5.41, 5.74) is 3.26. The number of hydrogen-bond acceptors (Lipinski definition) is 5. The van der Waals surface area contributed by atoms with E-state index in [1.54, 1.807) is 17.7 Å². The van der Waals surface area contributed by atoms with Crippen LogP contribution in [0.3, 0.4) is 0 Å². The lowest BCUT2D eigenvalue weighted by Crippen LogP contribution is -1.97. The molecule has 0 unspecified atom stereocenters. The highest BCUT2D eigenvalue weighted by Gasteiger charge is 2.12. The van der Waals surface area contributed by atoms with Crippen LogP contribution in [0.5, 0.6) is 5.75 Å². The van der Waals surface area contributed by atoms with Crippen LogP contribution >= 0.6 is 22.9 Å². The predicted octanol–water partition coefficient (Wildman–Crippen LogP) is 6.28. The normalized spacial score (nSPS) is 10.9. The van der Waals surface area contributed by atoms with Crippen LogP contribution < -0.4 is 10.1 Å². The summed E-state index contributed by atoms with van der Waals surface area (Å²) in [6.45, 7) is 4.72. The van der Waals surface area contributed by atoms with Crippen LogP contribution in [0.2, 0.25) is 5.02 Å². The van der Waals surface area contributed by atoms with Gasteiger partial charge in [0.05, 0.1) is 5.39 Å². The lowest BCUT2D eigenvalue weighted by molar-refractivity contribution is 0.306. The number of halogens is 1. The number of benzene rings is 2. The molecule has 4 rings (SSSR count). The van der Waals surface area contributed by atoms with Crippen molar-refractivity contribution >= 4 is 44.7 Å². The standard InChI is InChI=1S/C21H18ClN3OS/c1-13-14(2)27-21-19(13)20(23-12-24-21)25-17-7-9-18(10-8-17)26-11-15-3-5-16(22)6-4-15/h3-10,12H,11H2,1-2H3,(H,23,24,25). The maximum absolute atomic E-state index is 5.90. The number of aryl methyl sites for hydroxylation is 2. The average molecular weight is 396 g/mol. The van der Waals surface area contributed by atoms with Gasteiger partial charge < -0.3 is 10.1 Å². The molecule has 0 aliphatic rings. The van der Waals surface area contributed by atoms with E-state index in [2.05, 4.69) is 29.1 Å². The summed E-state index contributed by atoms with van der Waals surface area (Å²) in [6.07, 6.45) is 1.60. The van der Waals surface area contributed by atoms with E-state index in [4.69, 9.17) is 16.3 Å². The molecule has 4 nitrogen and oxygen atoms in total. The van der Waals surface area contributed by atoms with Crippen molar-refractivity contribution in [2.75, 3.05) is 5.32 Å². The summed E-state index contributed by atoms with van der Waals surface area (Å²) < 4.78 is 5.83. The maximum Gasteiger partial charge on any atom is 0.142 e. The van der Waals surface area contributed by atoms with Crippen LogP contribution in [0.15, 0.2) is 54.9 Å². The molecule has 0 aliphatic carbocycles. The van der Waals surface area contributed by atoms with Gasteiger partial charge in [-0.25, -0.2) is 9.97 Å². The Morgan fingerprint density at radius 2 is 1.74 bits per heavy atom. The fourth-order valence-corrected chi connectivity index (χ4v) is 3.92. The number of aromatic nitrogens is 2. The quantitative estimate of drug-likeness (QED) is 0.431. The summed E-state index contributed by atoms with van der Waals surface area (Å²) >= 11 is 7.60. The molecule has 0 bridgehead atoms. The summed E-state index contributed by atoms with van der Waals surface area (Å²) in [5, 5.41) is 5.21. The van der Waals surface area contributed by atoms with Crippen molar-refractivity contribution in [3.63, 3.8) is 0 Å². The minimum atomic E-state index is 0.504. The number of anilines is 2. The van der Waals surface area contributed by atoms with Gasteiger partial charge in [-0.05, 0) is 61.4 Å². The SMILES string of the molecule is Cc1sc2ncnc(Nc3ccc(OCc4ccc(Cl)cc4)cc3)c2c1C. The van der Waals surface area contributed by atoms with E-state index in [1.807, 2.05) is 48.5 Å². The highest BCUT2D eigenvalue weighted by molar-refractivity contribution is 7.18. The minimum absolute atomic E-state index is 0.504. The van der Waals surface area contributed by atoms with Crippen molar-refractivity contribution in [2.45, 2.75) is 20.5 Å². The second kappa shape index (κ2) is 7.55. The van der Waals surface area contributed by atoms with Gasteiger partial charge in [0.1, 0.15) is 29.3 Å². The molecule has 2 aromatic heterocycles. The Morgan fingerprint density at radius 1 is 1.00 bits per heavy atom. The van der Waals surface area contributed by atoms with Gasteiger partial charge in [0, 0.05) is 15.6 Å². The molecular weight excluding hydrogens is 378 g/mol. The number of hydrogen-bond donors (Lipinski definition) is 1. The Bertz CT molecular complexity index is 1080. The van der Waals surface area contributed by atoms with Crippen molar-refractivity contribution in [3.05, 3.63) is 75.9 Å². The van der Waals surface area contributed by atoms with Gasteiger partial charge in [-0.15, -0.1) is 11.3 Å². The number of fused-ring (bicyclic) bond motifs is 1. The van der Waals surface area contributed by atoms with Gasteiger partial charge >= 0.3 is 0 Å². The summed E-state index contributed by atoms with van der Waals surface area (Å²) in [6, 6.07) is 15.5. The average Bonchev–Trinajstić information content (AvgIpc) is 2.97. The molecule has 0 atom stereocenters. The molecule has 0 saturated carbocycles. The monoisotopic (exact) mass is 395 g/mol. The van der Waals surface area contributed by atoms with E-state index in [-0.39, 0.29) is 0 Å². The minimum Gasteiger partial charge on any atom is -0.489 e. The number of rotatable bonds is 5. The number of nitrogens with one attached hydrogen (secondary N) is 1. The van der Waals surface area contributed by atoms with Crippen LogP contribution in [-0.2, 0) is 6.61 Å². The second-order valence-electron chi connectivity index (χ2n) is 6.25. The van der Waals surface area contributed by atoms with Gasteiger partial charge in [0.15, 0.2) is 0 Å². The summed E-state index contributed by atoms with van der Waals surface area (Å²) in [7, 11) is 0. The zero-order valence-electron chi connectivity index (χ0n) is 15.0. The highest BCUT2D eigenvalue weighted by Crippen LogP contribution is 2.33. The topological polar surface area (TPSA) is 47.0 Å². The molecule has 4 aromatic rings. The molecule has 0 aliphatic heterocycles. The van der Waals surface area contributed by atoms with Gasteiger partial charge in [-0.2, -0.15) is 0 Å². The molecule has 0 fully saturated rings. The zero-order chi connectivity index (χ0) is 18.8. The molecule has 136 valence electrons. The first-order valence-electron chi connectivity index (χ1n) is 8.55. The fourth-order valence-electron chi connectivity index (χ4n) is 2.80. The molecule has 0 spiro atoms. The Hall–Kier alpha value is -2.63. The summed E-state index contributed by atoms with van der Waals surface area (Å²) in [5.74, 6) is 1.64. The van der Waals surface area contributed by atoms with Crippen molar-refractivity contribution < 1.29 is 4.74 Å². The lowest BCUT2D eigenvalue weighted by atomic mass is 10.2. The van der Waals surface area contributed by atoms with E-state index in [0.717, 1.165) is 38.1 Å². The molecule has 2 heterocycles. The van der Waals surface area contributed by atoms with Crippen LogP contribution in [0, 0.1) is 13.8 Å². The zero-order valence-corrected chi connectivity index (χ0v) is 16.6. The van der Waals surface area contributed by atoms with Gasteiger partial charge in [-0.1, -0.05) is 23.7 Å². The van der Waals surface area contributed by atoms with Gasteiger partial charge in [0.25, 0.3) is 0 Å². The van der Waals surface area contributed by atoms with Crippen molar-refractivity contribution in [1.29, 1.82) is 0 Å². The number of nitrogens with zero attached hydrogens (tertiary/aromatic N) is 2. The smallest absolute Gasteiger partial charge is 0.142 e. The highest BCUT2D eigenvalue weighted by atomic mass is 35.5. The summed E-state index contributed by atoms with van der Waals surface area (Å²) in [4.78, 5) is 11.1. The third kappa shape index (κ3) is 3.89. The Kier molecular flexibility index (Phi) is 4.97. The largest absolute Gasteiger partial charge is 0.489 e. The molecule has 0 amide bonds. The number of thiophene rings is 1. The molecule has 0 radical (unpaired) electrons. The third-order valence-electron chi connectivity index (χ3n) is 4.40. The van der Waals surface area contributed by atoms with Crippen molar-refractivity contribution in [1.82, 2.24) is 9.97 Å². The van der Waals surface area contributed by atoms with Crippen LogP contribution in [0.1, 0.15) is 16.0 Å². The predicted molar refractivity (Wildman–Crippen MR) is 112 cm³/mol. The second-order valence-corrected chi connectivity index (χ2v) is 7.89.